The third-order valence-corrected chi connectivity index (χ3v) is 7.42. The van der Waals surface area contributed by atoms with E-state index < -0.39 is 34.0 Å². The van der Waals surface area contributed by atoms with Gasteiger partial charge in [-0.25, -0.2) is 17.7 Å². The topological polar surface area (TPSA) is 90.1 Å². The van der Waals surface area contributed by atoms with Crippen LogP contribution in [0.4, 0.5) is 13.2 Å². The Bertz CT molecular complexity index is 1310. The number of nitrogens with zero attached hydrogens (tertiary/aromatic N) is 5. The van der Waals surface area contributed by atoms with E-state index in [1.54, 1.807) is 13.8 Å². The van der Waals surface area contributed by atoms with Gasteiger partial charge in [0.05, 0.1) is 16.7 Å². The zero-order chi connectivity index (χ0) is 24.2. The van der Waals surface area contributed by atoms with Gasteiger partial charge in [0.15, 0.2) is 0 Å². The van der Waals surface area contributed by atoms with Crippen LogP contribution in [0, 0.1) is 6.92 Å². The number of benzene rings is 1. The monoisotopic (exact) mass is 491 g/mol. The highest BCUT2D eigenvalue weighted by atomic mass is 35.5. The van der Waals surface area contributed by atoms with Gasteiger partial charge in [-0.1, -0.05) is 11.6 Å². The van der Waals surface area contributed by atoms with E-state index in [9.17, 15) is 26.4 Å². The normalized spacial score (nSPS) is 12.7. The highest BCUT2D eigenvalue weighted by molar-refractivity contribution is 7.89. The van der Waals surface area contributed by atoms with Crippen molar-refractivity contribution in [1.82, 2.24) is 23.6 Å². The zero-order valence-corrected chi connectivity index (χ0v) is 19.5. The van der Waals surface area contributed by atoms with Gasteiger partial charge in [-0.2, -0.15) is 18.3 Å². The number of halogens is 4. The molecular formula is C19H21ClF3N5O3S. The SMILES string of the molecule is CCN(C(=O)c1ccc2c(c1)nc(C(F)(F)F)n2C(C)C)S(=O)(=O)c1c(C)nn(C)c1Cl. The first-order chi connectivity index (χ1) is 14.7. The largest absolute Gasteiger partial charge is 0.449 e. The summed E-state index contributed by atoms with van der Waals surface area (Å²) in [7, 11) is -2.91. The standard InChI is InChI=1S/C19H21ClF3N5O3S/c1-6-27(32(30,31)15-11(4)25-26(5)16(15)20)17(29)12-7-8-14-13(9-12)24-18(19(21,22)23)28(14)10(2)3/h7-10H,6H2,1-5H3. The predicted octanol–water partition coefficient (Wildman–Crippen LogP) is 4.18. The lowest BCUT2D eigenvalue weighted by atomic mass is 10.2. The minimum Gasteiger partial charge on any atom is -0.318 e. The molecule has 0 saturated heterocycles. The number of rotatable bonds is 5. The molecule has 0 aliphatic carbocycles. The lowest BCUT2D eigenvalue weighted by Gasteiger charge is -2.21. The van der Waals surface area contributed by atoms with E-state index in [0.717, 1.165) is 10.6 Å². The van der Waals surface area contributed by atoms with Crippen LogP contribution in [0.5, 0.6) is 0 Å². The molecule has 174 valence electrons. The van der Waals surface area contributed by atoms with E-state index in [0.29, 0.717) is 4.31 Å². The highest BCUT2D eigenvalue weighted by Crippen LogP contribution is 2.34. The second-order valence-corrected chi connectivity index (χ2v) is 9.56. The van der Waals surface area contributed by atoms with Crippen molar-refractivity contribution in [1.29, 1.82) is 0 Å². The summed E-state index contributed by atoms with van der Waals surface area (Å²) < 4.78 is 69.5. The number of hydrogen-bond acceptors (Lipinski definition) is 5. The third kappa shape index (κ3) is 3.85. The van der Waals surface area contributed by atoms with Crippen LogP contribution in [0.25, 0.3) is 11.0 Å². The molecule has 0 atom stereocenters. The summed E-state index contributed by atoms with van der Waals surface area (Å²) >= 11 is 6.08. The molecule has 3 rings (SSSR count). The molecular weight excluding hydrogens is 471 g/mol. The number of sulfonamides is 1. The molecule has 0 aliphatic heterocycles. The van der Waals surface area contributed by atoms with Crippen LogP contribution in [0.3, 0.4) is 0 Å². The molecule has 13 heteroatoms. The number of imidazole rings is 1. The Kier molecular flexibility index (Phi) is 6.07. The van der Waals surface area contributed by atoms with Gasteiger partial charge in [-0.3, -0.25) is 9.48 Å². The Morgan fingerprint density at radius 1 is 1.28 bits per heavy atom. The fourth-order valence-corrected chi connectivity index (χ4v) is 5.65. The maximum absolute atomic E-state index is 13.5. The van der Waals surface area contributed by atoms with E-state index >= 15 is 0 Å². The maximum atomic E-state index is 13.5. The van der Waals surface area contributed by atoms with Crippen molar-refractivity contribution < 1.29 is 26.4 Å². The van der Waals surface area contributed by atoms with E-state index in [1.807, 2.05) is 0 Å². The second kappa shape index (κ2) is 8.07. The molecule has 2 aromatic heterocycles. The summed E-state index contributed by atoms with van der Waals surface area (Å²) in [5.41, 5.74) is 0.106. The van der Waals surface area contributed by atoms with Crippen molar-refractivity contribution >= 4 is 38.6 Å². The number of aromatic nitrogens is 4. The molecule has 0 spiro atoms. The average molecular weight is 492 g/mol. The molecule has 0 fully saturated rings. The summed E-state index contributed by atoms with van der Waals surface area (Å²) in [6, 6.07) is 3.22. The number of alkyl halides is 3. The van der Waals surface area contributed by atoms with Crippen molar-refractivity contribution in [2.45, 2.75) is 44.8 Å². The van der Waals surface area contributed by atoms with Gasteiger partial charge in [-0.15, -0.1) is 0 Å². The number of carbonyl (C=O) groups is 1. The molecule has 3 aromatic rings. The molecule has 0 unspecified atom stereocenters. The first kappa shape index (κ1) is 24.1. The third-order valence-electron chi connectivity index (χ3n) is 4.87. The summed E-state index contributed by atoms with van der Waals surface area (Å²) in [5, 5.41) is 3.81. The van der Waals surface area contributed by atoms with Crippen LogP contribution in [0.1, 0.15) is 48.7 Å². The van der Waals surface area contributed by atoms with E-state index in [4.69, 9.17) is 11.6 Å². The first-order valence-corrected chi connectivity index (χ1v) is 11.4. The molecule has 0 saturated carbocycles. The van der Waals surface area contributed by atoms with Gasteiger partial charge in [0.25, 0.3) is 15.9 Å². The van der Waals surface area contributed by atoms with Gasteiger partial charge in [0.2, 0.25) is 5.82 Å². The minimum absolute atomic E-state index is 0.0686. The lowest BCUT2D eigenvalue weighted by molar-refractivity contribution is -0.147. The summed E-state index contributed by atoms with van der Waals surface area (Å²) in [5.74, 6) is -2.01. The quantitative estimate of drug-likeness (QED) is 0.534. The minimum atomic E-state index is -4.69. The number of aryl methyl sites for hydroxylation is 2. The van der Waals surface area contributed by atoms with E-state index in [-0.39, 0.29) is 38.9 Å². The Labute approximate surface area is 187 Å². The molecule has 0 radical (unpaired) electrons. The van der Waals surface area contributed by atoms with Crippen LogP contribution >= 0.6 is 11.6 Å². The molecule has 0 aliphatic rings. The molecule has 0 N–H and O–H groups in total. The van der Waals surface area contributed by atoms with Crippen LogP contribution < -0.4 is 0 Å². The zero-order valence-electron chi connectivity index (χ0n) is 17.9. The lowest BCUT2D eigenvalue weighted by Crippen LogP contribution is -2.37. The molecule has 0 bridgehead atoms. The number of amides is 1. The Morgan fingerprint density at radius 3 is 2.38 bits per heavy atom. The van der Waals surface area contributed by atoms with Gasteiger partial charge in [0, 0.05) is 25.2 Å². The number of carbonyl (C=O) groups excluding carboxylic acids is 1. The summed E-state index contributed by atoms with van der Waals surface area (Å²) in [4.78, 5) is 16.5. The fraction of sp³-hybridized carbons (Fsp3) is 0.421. The fourth-order valence-electron chi connectivity index (χ4n) is 3.54. The maximum Gasteiger partial charge on any atom is 0.449 e. The smallest absolute Gasteiger partial charge is 0.318 e. The second-order valence-electron chi connectivity index (χ2n) is 7.40. The molecule has 32 heavy (non-hydrogen) atoms. The van der Waals surface area contributed by atoms with E-state index in [2.05, 4.69) is 10.1 Å². The first-order valence-electron chi connectivity index (χ1n) is 9.57. The molecule has 1 aromatic carbocycles. The van der Waals surface area contributed by atoms with Crippen LogP contribution in [-0.4, -0.2) is 44.5 Å². The van der Waals surface area contributed by atoms with Crippen LogP contribution in [0.2, 0.25) is 5.15 Å². The van der Waals surface area contributed by atoms with Crippen molar-refractivity contribution in [2.24, 2.45) is 7.05 Å². The Hall–Kier alpha value is -2.60. The van der Waals surface area contributed by atoms with Crippen molar-refractivity contribution in [3.8, 4) is 0 Å². The molecule has 2 heterocycles. The van der Waals surface area contributed by atoms with Crippen molar-refractivity contribution in [3.05, 3.63) is 40.4 Å². The summed E-state index contributed by atoms with van der Waals surface area (Å²) in [6.45, 7) is 5.85. The number of hydrogen-bond donors (Lipinski definition) is 0. The Morgan fingerprint density at radius 2 is 1.91 bits per heavy atom. The van der Waals surface area contributed by atoms with Crippen molar-refractivity contribution in [3.63, 3.8) is 0 Å². The van der Waals surface area contributed by atoms with E-state index in [1.165, 1.54) is 37.7 Å². The Balaban J connectivity index is 2.12. The molecule has 8 nitrogen and oxygen atoms in total. The number of fused-ring (bicyclic) bond motifs is 1. The van der Waals surface area contributed by atoms with Gasteiger partial charge in [-0.05, 0) is 45.9 Å². The van der Waals surface area contributed by atoms with Gasteiger partial charge < -0.3 is 4.57 Å². The molecule has 1 amide bonds. The van der Waals surface area contributed by atoms with Crippen molar-refractivity contribution in [2.75, 3.05) is 6.54 Å². The summed E-state index contributed by atoms with van der Waals surface area (Å²) in [6.07, 6.45) is -4.69. The van der Waals surface area contributed by atoms with Gasteiger partial charge >= 0.3 is 6.18 Å². The predicted molar refractivity (Wildman–Crippen MR) is 112 cm³/mol. The van der Waals surface area contributed by atoms with Crippen LogP contribution in [0.15, 0.2) is 23.1 Å². The van der Waals surface area contributed by atoms with Gasteiger partial charge in [0.1, 0.15) is 10.0 Å². The van der Waals surface area contributed by atoms with Crippen LogP contribution in [-0.2, 0) is 23.2 Å². The average Bonchev–Trinajstić information content (AvgIpc) is 3.18. The highest BCUT2D eigenvalue weighted by Gasteiger charge is 2.39.